The maximum Gasteiger partial charge on any atom is 0.276 e. The van der Waals surface area contributed by atoms with Gasteiger partial charge in [0.2, 0.25) is 0 Å². The molecule has 0 aromatic carbocycles. The van der Waals surface area contributed by atoms with Crippen LogP contribution in [0.2, 0.25) is 0 Å². The third-order valence-electron chi connectivity index (χ3n) is 4.10. The molecule has 0 spiro atoms. The Kier molecular flexibility index (Phi) is 3.54. The molecule has 21 heavy (non-hydrogen) atoms. The van der Waals surface area contributed by atoms with Gasteiger partial charge in [0, 0.05) is 33.2 Å². The van der Waals surface area contributed by atoms with Crippen molar-refractivity contribution in [1.29, 1.82) is 0 Å². The summed E-state index contributed by atoms with van der Waals surface area (Å²) in [5.41, 5.74) is 1.55. The van der Waals surface area contributed by atoms with Crippen LogP contribution in [0.4, 0.5) is 0 Å². The summed E-state index contributed by atoms with van der Waals surface area (Å²) in [6, 6.07) is 1.95. The quantitative estimate of drug-likeness (QED) is 0.906. The van der Waals surface area contributed by atoms with Gasteiger partial charge in [0.15, 0.2) is 5.82 Å². The number of nitrogens with zero attached hydrogens (tertiary/aromatic N) is 5. The Bertz CT molecular complexity index is 623. The molecule has 1 fully saturated rings. The second kappa shape index (κ2) is 5.23. The highest BCUT2D eigenvalue weighted by Crippen LogP contribution is 2.28. The van der Waals surface area contributed by atoms with Gasteiger partial charge in [-0.15, -0.1) is 0 Å². The Balaban J connectivity index is 1.88. The molecule has 7 heteroatoms. The number of piperazine rings is 1. The lowest BCUT2D eigenvalue weighted by Crippen LogP contribution is -2.52. The monoisotopic (exact) mass is 290 g/mol. The minimum atomic E-state index is -0.239. The fourth-order valence-electron chi connectivity index (χ4n) is 2.75. The molecule has 1 N–H and O–H groups in total. The number of rotatable bonds is 3. The molecule has 7 nitrogen and oxygen atoms in total. The average molecular weight is 290 g/mol. The Hall–Kier alpha value is -1.73. The first-order chi connectivity index (χ1) is 9.98. The van der Waals surface area contributed by atoms with Crippen molar-refractivity contribution in [2.24, 2.45) is 7.05 Å². The van der Waals surface area contributed by atoms with Crippen molar-refractivity contribution in [3.8, 4) is 11.6 Å². The van der Waals surface area contributed by atoms with Crippen LogP contribution in [0.3, 0.4) is 0 Å². The summed E-state index contributed by atoms with van der Waals surface area (Å²) in [5.74, 6) is 1.24. The largest absolute Gasteiger partial charge is 0.332 e. The van der Waals surface area contributed by atoms with Gasteiger partial charge in [-0.2, -0.15) is 10.1 Å². The highest BCUT2D eigenvalue weighted by Gasteiger charge is 2.34. The zero-order valence-electron chi connectivity index (χ0n) is 13.1. The predicted molar refractivity (Wildman–Crippen MR) is 78.7 cm³/mol. The predicted octanol–water partition coefficient (Wildman–Crippen LogP) is 0.919. The van der Waals surface area contributed by atoms with Gasteiger partial charge in [-0.25, -0.2) is 0 Å². The molecule has 2 aromatic heterocycles. The van der Waals surface area contributed by atoms with E-state index in [2.05, 4.69) is 39.3 Å². The third-order valence-corrected chi connectivity index (χ3v) is 4.10. The molecule has 3 heterocycles. The van der Waals surface area contributed by atoms with Gasteiger partial charge in [-0.3, -0.25) is 9.58 Å². The van der Waals surface area contributed by atoms with E-state index >= 15 is 0 Å². The van der Waals surface area contributed by atoms with Gasteiger partial charge in [-0.05, 0) is 26.8 Å². The van der Waals surface area contributed by atoms with Gasteiger partial charge >= 0.3 is 0 Å². The Morgan fingerprint density at radius 2 is 2.00 bits per heavy atom. The maximum atomic E-state index is 5.46. The van der Waals surface area contributed by atoms with Crippen molar-refractivity contribution in [1.82, 2.24) is 30.1 Å². The van der Waals surface area contributed by atoms with Crippen molar-refractivity contribution in [3.63, 3.8) is 0 Å². The van der Waals surface area contributed by atoms with Crippen molar-refractivity contribution in [2.75, 3.05) is 26.2 Å². The van der Waals surface area contributed by atoms with Gasteiger partial charge in [0.1, 0.15) is 5.69 Å². The lowest BCUT2D eigenvalue weighted by atomic mass is 10.0. The highest BCUT2D eigenvalue weighted by molar-refractivity contribution is 5.47. The second-order valence-corrected chi connectivity index (χ2v) is 6.01. The summed E-state index contributed by atoms with van der Waals surface area (Å²) in [4.78, 5) is 6.98. The van der Waals surface area contributed by atoms with Crippen LogP contribution in [-0.2, 0) is 12.6 Å². The normalized spacial score (nSPS) is 17.3. The summed E-state index contributed by atoms with van der Waals surface area (Å²) in [6.45, 7) is 10.2. The van der Waals surface area contributed by atoms with Crippen molar-refractivity contribution in [2.45, 2.75) is 26.3 Å². The molecule has 0 unspecified atom stereocenters. The van der Waals surface area contributed by atoms with Gasteiger partial charge in [0.25, 0.3) is 5.89 Å². The number of hydrogen-bond donors (Lipinski definition) is 1. The fourth-order valence-corrected chi connectivity index (χ4v) is 2.75. The lowest BCUT2D eigenvalue weighted by molar-refractivity contribution is 0.0925. The molecule has 114 valence electrons. The molecule has 0 bridgehead atoms. The van der Waals surface area contributed by atoms with Crippen LogP contribution in [-0.4, -0.2) is 51.0 Å². The van der Waals surface area contributed by atoms with E-state index in [1.54, 1.807) is 4.68 Å². The van der Waals surface area contributed by atoms with Crippen molar-refractivity contribution in [3.05, 3.63) is 17.6 Å². The minimum Gasteiger partial charge on any atom is -0.332 e. The number of nitrogens with one attached hydrogen (secondary N) is 1. The Labute approximate surface area is 124 Å². The van der Waals surface area contributed by atoms with Crippen LogP contribution in [0.1, 0.15) is 25.4 Å². The van der Waals surface area contributed by atoms with Gasteiger partial charge < -0.3 is 9.84 Å². The maximum absolute atomic E-state index is 5.46. The van der Waals surface area contributed by atoms with Crippen LogP contribution < -0.4 is 5.32 Å². The fraction of sp³-hybridized carbons (Fsp3) is 0.643. The summed E-state index contributed by atoms with van der Waals surface area (Å²) in [5, 5.41) is 11.9. The van der Waals surface area contributed by atoms with E-state index in [1.807, 2.05) is 20.0 Å². The molecule has 0 aliphatic carbocycles. The molecule has 1 aliphatic heterocycles. The molecule has 2 aromatic rings. The van der Waals surface area contributed by atoms with E-state index in [0.29, 0.717) is 5.89 Å². The van der Waals surface area contributed by atoms with Crippen molar-refractivity contribution < 1.29 is 4.52 Å². The zero-order valence-corrected chi connectivity index (χ0v) is 13.1. The summed E-state index contributed by atoms with van der Waals surface area (Å²) in [7, 11) is 1.88. The smallest absolute Gasteiger partial charge is 0.276 e. The lowest BCUT2D eigenvalue weighted by Gasteiger charge is -2.38. The SMILES string of the molecule is Cc1cc(-c2nc(C(C)(C)N3CCNCC3)no2)n(C)n1. The molecule has 3 rings (SSSR count). The highest BCUT2D eigenvalue weighted by atomic mass is 16.5. The first-order valence-corrected chi connectivity index (χ1v) is 7.29. The van der Waals surface area contributed by atoms with E-state index in [9.17, 15) is 0 Å². The molecular formula is C14H22N6O. The molecule has 0 radical (unpaired) electrons. The van der Waals surface area contributed by atoms with Gasteiger partial charge in [0.05, 0.1) is 11.2 Å². The van der Waals surface area contributed by atoms with Gasteiger partial charge in [-0.1, -0.05) is 5.16 Å². The van der Waals surface area contributed by atoms with E-state index in [-0.39, 0.29) is 5.54 Å². The second-order valence-electron chi connectivity index (χ2n) is 6.01. The van der Waals surface area contributed by atoms with Crippen molar-refractivity contribution >= 4 is 0 Å². The zero-order chi connectivity index (χ0) is 15.0. The van der Waals surface area contributed by atoms with Crippen LogP contribution in [0.25, 0.3) is 11.6 Å². The molecule has 1 aliphatic rings. The number of aryl methyl sites for hydroxylation is 2. The summed E-state index contributed by atoms with van der Waals surface area (Å²) in [6.07, 6.45) is 0. The minimum absolute atomic E-state index is 0.239. The molecule has 1 saturated heterocycles. The molecule has 0 amide bonds. The summed E-state index contributed by atoms with van der Waals surface area (Å²) < 4.78 is 7.23. The average Bonchev–Trinajstić information content (AvgIpc) is 3.06. The van der Waals surface area contributed by atoms with Crippen LogP contribution in [0.5, 0.6) is 0 Å². The Morgan fingerprint density at radius 1 is 1.29 bits per heavy atom. The molecule has 0 atom stereocenters. The van der Waals surface area contributed by atoms with E-state index in [0.717, 1.165) is 43.4 Å². The summed E-state index contributed by atoms with van der Waals surface area (Å²) >= 11 is 0. The van der Waals surface area contributed by atoms with Crippen LogP contribution in [0, 0.1) is 6.92 Å². The van der Waals surface area contributed by atoms with Crippen LogP contribution in [0.15, 0.2) is 10.6 Å². The number of hydrogen-bond acceptors (Lipinski definition) is 6. The van der Waals surface area contributed by atoms with E-state index < -0.39 is 0 Å². The standard InChI is InChI=1S/C14H22N6O/c1-10-9-11(19(4)17-10)12-16-13(18-21-12)14(2,3)20-7-5-15-6-8-20/h9,15H,5-8H2,1-4H3. The van der Waals surface area contributed by atoms with E-state index in [4.69, 9.17) is 4.52 Å². The Morgan fingerprint density at radius 3 is 2.62 bits per heavy atom. The van der Waals surface area contributed by atoms with Crippen LogP contribution >= 0.6 is 0 Å². The third kappa shape index (κ3) is 2.58. The molecular weight excluding hydrogens is 268 g/mol. The number of aromatic nitrogens is 4. The first kappa shape index (κ1) is 14.2. The topological polar surface area (TPSA) is 72.0 Å². The first-order valence-electron chi connectivity index (χ1n) is 7.29. The molecule has 0 saturated carbocycles. The van der Waals surface area contributed by atoms with E-state index in [1.165, 1.54) is 0 Å².